The molecule has 1 N–H and O–H groups in total. The van der Waals surface area contributed by atoms with Gasteiger partial charge in [0.15, 0.2) is 28.7 Å². The highest BCUT2D eigenvalue weighted by Gasteiger charge is 2.21. The van der Waals surface area contributed by atoms with Crippen molar-refractivity contribution in [3.8, 4) is 5.75 Å². The molecule has 12 heteroatoms. The van der Waals surface area contributed by atoms with Crippen molar-refractivity contribution in [2.45, 2.75) is 38.1 Å². The molecule has 0 aliphatic rings. The lowest BCUT2D eigenvalue weighted by Crippen LogP contribution is -2.15. The van der Waals surface area contributed by atoms with Gasteiger partial charge in [0.2, 0.25) is 11.0 Å². The number of benzene rings is 1. The number of amides is 1. The highest BCUT2D eigenvalue weighted by atomic mass is 32.2. The summed E-state index contributed by atoms with van der Waals surface area (Å²) >= 11 is 2.51. The fourth-order valence-corrected chi connectivity index (χ4v) is 4.01. The summed E-state index contributed by atoms with van der Waals surface area (Å²) < 4.78 is 34.3. The number of nitrogens with one attached hydrogen (secondary N) is 1. The Labute approximate surface area is 185 Å². The van der Waals surface area contributed by atoms with Crippen LogP contribution < -0.4 is 10.1 Å². The predicted octanol–water partition coefficient (Wildman–Crippen LogP) is 4.03. The van der Waals surface area contributed by atoms with Crippen molar-refractivity contribution in [3.05, 3.63) is 53.3 Å². The molecule has 0 saturated heterocycles. The largest absolute Gasteiger partial charge is 0.480 e. The standard InChI is InChI=1S/C19H20F2N6O2S2/c1-4-8-27-17(11(3)29-14-7-6-12(20)9-13(14)21)24-26-19(27)30-10-15(28)22-18-25-23-16(5-2)31-18/h4,6-7,9,11H,1,5,8,10H2,2-3H3,(H,22,25,28). The van der Waals surface area contributed by atoms with Gasteiger partial charge in [0, 0.05) is 12.6 Å². The molecule has 0 aliphatic carbocycles. The smallest absolute Gasteiger partial charge is 0.236 e. The SMILES string of the molecule is C=CCn1c(SCC(=O)Nc2nnc(CC)s2)nnc1C(C)Oc1ccc(F)cc1F. The lowest BCUT2D eigenvalue weighted by atomic mass is 10.3. The van der Waals surface area contributed by atoms with E-state index in [2.05, 4.69) is 32.3 Å². The van der Waals surface area contributed by atoms with E-state index in [0.717, 1.165) is 23.6 Å². The zero-order chi connectivity index (χ0) is 22.4. The quantitative estimate of drug-likeness (QED) is 0.356. The maximum atomic E-state index is 13.9. The summed E-state index contributed by atoms with van der Waals surface area (Å²) in [6, 6.07) is 3.07. The van der Waals surface area contributed by atoms with Gasteiger partial charge in [0.25, 0.3) is 0 Å². The van der Waals surface area contributed by atoms with E-state index in [0.29, 0.717) is 22.7 Å². The Morgan fingerprint density at radius 1 is 1.35 bits per heavy atom. The molecule has 0 aliphatic heterocycles. The second-order valence-corrected chi connectivity index (χ2v) is 8.27. The fraction of sp³-hybridized carbons (Fsp3) is 0.316. The maximum absolute atomic E-state index is 13.9. The van der Waals surface area contributed by atoms with Crippen LogP contribution in [0.4, 0.5) is 13.9 Å². The van der Waals surface area contributed by atoms with Crippen LogP contribution >= 0.6 is 23.1 Å². The average Bonchev–Trinajstić information content (AvgIpc) is 3.35. The van der Waals surface area contributed by atoms with Crippen molar-refractivity contribution < 1.29 is 18.3 Å². The number of hydrogen-bond donors (Lipinski definition) is 1. The van der Waals surface area contributed by atoms with Crippen LogP contribution in [0.25, 0.3) is 0 Å². The van der Waals surface area contributed by atoms with E-state index < -0.39 is 17.7 Å². The third-order valence-electron chi connectivity index (χ3n) is 3.97. The summed E-state index contributed by atoms with van der Waals surface area (Å²) in [5.74, 6) is -1.35. The molecule has 8 nitrogen and oxygen atoms in total. The molecule has 31 heavy (non-hydrogen) atoms. The Morgan fingerprint density at radius 2 is 2.16 bits per heavy atom. The van der Waals surface area contributed by atoms with Gasteiger partial charge < -0.3 is 4.74 Å². The number of thioether (sulfide) groups is 1. The first kappa shape index (κ1) is 22.8. The summed E-state index contributed by atoms with van der Waals surface area (Å²) in [5, 5.41) is 20.6. The predicted molar refractivity (Wildman–Crippen MR) is 114 cm³/mol. The normalized spacial score (nSPS) is 11.9. The molecule has 0 saturated carbocycles. The molecule has 2 heterocycles. The molecule has 0 fully saturated rings. The van der Waals surface area contributed by atoms with Crippen molar-refractivity contribution in [1.29, 1.82) is 0 Å². The number of rotatable bonds is 10. The molecule has 1 atom stereocenters. The number of carbonyl (C=O) groups excluding carboxylic acids is 1. The number of hydrogen-bond acceptors (Lipinski definition) is 8. The zero-order valence-electron chi connectivity index (χ0n) is 16.8. The molecule has 3 aromatic rings. The van der Waals surface area contributed by atoms with Crippen LogP contribution in [0, 0.1) is 11.6 Å². The molecule has 0 radical (unpaired) electrons. The van der Waals surface area contributed by atoms with Crippen molar-refractivity contribution in [2.24, 2.45) is 0 Å². The van der Waals surface area contributed by atoms with Gasteiger partial charge in [-0.25, -0.2) is 8.78 Å². The van der Waals surface area contributed by atoms with Crippen LogP contribution in [-0.2, 0) is 17.8 Å². The van der Waals surface area contributed by atoms with E-state index in [1.54, 1.807) is 17.6 Å². The van der Waals surface area contributed by atoms with Crippen molar-refractivity contribution in [2.75, 3.05) is 11.1 Å². The Bertz CT molecular complexity index is 1070. The van der Waals surface area contributed by atoms with E-state index in [1.807, 2.05) is 6.92 Å². The van der Waals surface area contributed by atoms with Crippen LogP contribution in [0.5, 0.6) is 5.75 Å². The molecule has 0 bridgehead atoms. The maximum Gasteiger partial charge on any atom is 0.236 e. The molecule has 0 spiro atoms. The minimum atomic E-state index is -0.809. The Hall–Kier alpha value is -2.86. The monoisotopic (exact) mass is 466 g/mol. The number of carbonyl (C=O) groups is 1. The molecule has 1 unspecified atom stereocenters. The molecular formula is C19H20F2N6O2S2. The lowest BCUT2D eigenvalue weighted by Gasteiger charge is -2.16. The van der Waals surface area contributed by atoms with E-state index in [4.69, 9.17) is 4.74 Å². The minimum absolute atomic E-state index is 0.0815. The number of aromatic nitrogens is 5. The first-order chi connectivity index (χ1) is 14.9. The van der Waals surface area contributed by atoms with E-state index >= 15 is 0 Å². The van der Waals surface area contributed by atoms with Crippen LogP contribution in [0.2, 0.25) is 0 Å². The summed E-state index contributed by atoms with van der Waals surface area (Å²) in [7, 11) is 0. The summed E-state index contributed by atoms with van der Waals surface area (Å²) in [5.41, 5.74) is 0. The second-order valence-electron chi connectivity index (χ2n) is 6.27. The zero-order valence-corrected chi connectivity index (χ0v) is 18.5. The van der Waals surface area contributed by atoms with Crippen molar-refractivity contribution >= 4 is 34.1 Å². The van der Waals surface area contributed by atoms with Gasteiger partial charge in [-0.3, -0.25) is 14.7 Å². The number of nitrogens with zero attached hydrogens (tertiary/aromatic N) is 5. The molecule has 2 aromatic heterocycles. The fourth-order valence-electron chi connectivity index (χ4n) is 2.55. The molecule has 164 valence electrons. The number of allylic oxidation sites excluding steroid dienone is 1. The van der Waals surface area contributed by atoms with Gasteiger partial charge in [-0.15, -0.1) is 27.0 Å². The number of halogens is 2. The van der Waals surface area contributed by atoms with Crippen LogP contribution in [-0.4, -0.2) is 36.6 Å². The average molecular weight is 467 g/mol. The summed E-state index contributed by atoms with van der Waals surface area (Å²) in [6.45, 7) is 7.72. The Kier molecular flexibility index (Phi) is 7.69. The minimum Gasteiger partial charge on any atom is -0.480 e. The topological polar surface area (TPSA) is 94.8 Å². The highest BCUT2D eigenvalue weighted by Crippen LogP contribution is 2.27. The van der Waals surface area contributed by atoms with Gasteiger partial charge >= 0.3 is 0 Å². The highest BCUT2D eigenvalue weighted by molar-refractivity contribution is 7.99. The summed E-state index contributed by atoms with van der Waals surface area (Å²) in [6.07, 6.45) is 1.72. The number of ether oxygens (including phenoxy) is 1. The molecular weight excluding hydrogens is 446 g/mol. The van der Waals surface area contributed by atoms with Crippen LogP contribution in [0.3, 0.4) is 0 Å². The van der Waals surface area contributed by atoms with Gasteiger partial charge in [-0.1, -0.05) is 36.1 Å². The van der Waals surface area contributed by atoms with Crippen LogP contribution in [0.15, 0.2) is 36.0 Å². The lowest BCUT2D eigenvalue weighted by molar-refractivity contribution is -0.113. The summed E-state index contributed by atoms with van der Waals surface area (Å²) in [4.78, 5) is 12.2. The third kappa shape index (κ3) is 5.85. The first-order valence-corrected chi connectivity index (χ1v) is 11.1. The number of aryl methyl sites for hydroxylation is 1. The number of anilines is 1. The first-order valence-electron chi connectivity index (χ1n) is 9.32. The molecule has 3 rings (SSSR count). The molecule has 1 aromatic carbocycles. The third-order valence-corrected chi connectivity index (χ3v) is 5.92. The van der Waals surface area contributed by atoms with Crippen molar-refractivity contribution in [3.63, 3.8) is 0 Å². The van der Waals surface area contributed by atoms with Gasteiger partial charge in [-0.05, 0) is 25.5 Å². The van der Waals surface area contributed by atoms with Crippen LogP contribution in [0.1, 0.15) is 30.8 Å². The van der Waals surface area contributed by atoms with E-state index in [-0.39, 0.29) is 17.4 Å². The van der Waals surface area contributed by atoms with E-state index in [1.165, 1.54) is 29.2 Å². The second kappa shape index (κ2) is 10.4. The van der Waals surface area contributed by atoms with E-state index in [9.17, 15) is 13.6 Å². The Morgan fingerprint density at radius 3 is 2.84 bits per heavy atom. The Balaban J connectivity index is 1.67. The van der Waals surface area contributed by atoms with Crippen molar-refractivity contribution in [1.82, 2.24) is 25.0 Å². The van der Waals surface area contributed by atoms with Gasteiger partial charge in [0.1, 0.15) is 10.8 Å². The van der Waals surface area contributed by atoms with Gasteiger partial charge in [0.05, 0.1) is 5.75 Å². The van der Waals surface area contributed by atoms with Gasteiger partial charge in [-0.2, -0.15) is 0 Å². The molecule has 1 amide bonds.